The van der Waals surface area contributed by atoms with E-state index in [9.17, 15) is 22.8 Å². The highest BCUT2D eigenvalue weighted by atomic mass is 79.9. The Morgan fingerprint density at radius 3 is 2.44 bits per heavy atom. The number of carbonyl (C=O) groups is 2. The highest BCUT2D eigenvalue weighted by Crippen LogP contribution is 2.36. The van der Waals surface area contributed by atoms with Crippen LogP contribution >= 0.6 is 15.9 Å². The van der Waals surface area contributed by atoms with Crippen molar-refractivity contribution in [1.82, 2.24) is 0 Å². The second-order valence-electron chi connectivity index (χ2n) is 3.27. The topological polar surface area (TPSA) is 72.2 Å². The second kappa shape index (κ2) is 5.49. The molecule has 0 heterocycles. The lowest BCUT2D eigenvalue weighted by Crippen LogP contribution is -2.29. The predicted molar refractivity (Wildman–Crippen MR) is 61.8 cm³/mol. The molecule has 0 bridgehead atoms. The molecular formula is C10H8BrF3N2O2. The number of nitrogens with one attached hydrogen (secondary N) is 1. The number of benzene rings is 1. The van der Waals surface area contributed by atoms with Crippen LogP contribution in [0.4, 0.5) is 18.9 Å². The van der Waals surface area contributed by atoms with Gasteiger partial charge in [0.15, 0.2) is 0 Å². The van der Waals surface area contributed by atoms with E-state index in [0.717, 1.165) is 12.1 Å². The summed E-state index contributed by atoms with van der Waals surface area (Å²) in [5.41, 5.74) is 3.40. The van der Waals surface area contributed by atoms with Gasteiger partial charge in [-0.05, 0) is 18.2 Å². The van der Waals surface area contributed by atoms with Gasteiger partial charge in [-0.2, -0.15) is 13.2 Å². The molecule has 3 N–H and O–H groups in total. The molecule has 18 heavy (non-hydrogen) atoms. The molecule has 0 fully saturated rings. The lowest BCUT2D eigenvalue weighted by Gasteiger charge is -2.13. The van der Waals surface area contributed by atoms with Crippen LogP contribution in [0.2, 0.25) is 0 Å². The summed E-state index contributed by atoms with van der Waals surface area (Å²) < 4.78 is 38.2. The lowest BCUT2D eigenvalue weighted by molar-refractivity contribution is -0.137. The van der Waals surface area contributed by atoms with E-state index in [1.165, 1.54) is 6.07 Å². The summed E-state index contributed by atoms with van der Waals surface area (Å²) >= 11 is 2.90. The molecular weight excluding hydrogens is 317 g/mol. The normalized spacial score (nSPS) is 11.2. The Hall–Kier alpha value is -1.41. The second-order valence-corrected chi connectivity index (χ2v) is 4.18. The van der Waals surface area contributed by atoms with E-state index in [4.69, 9.17) is 5.73 Å². The van der Waals surface area contributed by atoms with Crippen LogP contribution in [0.5, 0.6) is 0 Å². The molecule has 0 atom stereocenters. The minimum atomic E-state index is -4.64. The number of rotatable bonds is 3. The molecule has 0 spiro atoms. The van der Waals surface area contributed by atoms with E-state index in [2.05, 4.69) is 15.9 Å². The predicted octanol–water partition coefficient (Wildman–Crippen LogP) is 1.93. The summed E-state index contributed by atoms with van der Waals surface area (Å²) in [5, 5.41) is 1.89. The molecule has 1 aromatic carbocycles. The number of Topliss-reactive ketones (excluding diaryl/α,β-unsaturated/α-hetero) is 1. The van der Waals surface area contributed by atoms with E-state index in [1.54, 1.807) is 0 Å². The van der Waals surface area contributed by atoms with Crippen molar-refractivity contribution in [2.45, 2.75) is 6.18 Å². The van der Waals surface area contributed by atoms with Gasteiger partial charge in [0.1, 0.15) is 0 Å². The zero-order valence-corrected chi connectivity index (χ0v) is 10.4. The van der Waals surface area contributed by atoms with Crippen molar-refractivity contribution in [2.75, 3.05) is 11.9 Å². The Kier molecular flexibility index (Phi) is 4.47. The third kappa shape index (κ3) is 3.54. The summed E-state index contributed by atoms with van der Waals surface area (Å²) in [7, 11) is 0. The number of anilines is 1. The van der Waals surface area contributed by atoms with Crippen LogP contribution in [0.1, 0.15) is 5.56 Å². The van der Waals surface area contributed by atoms with E-state index in [1.807, 2.05) is 5.32 Å². The third-order valence-corrected chi connectivity index (χ3v) is 2.47. The number of alkyl halides is 3. The van der Waals surface area contributed by atoms with Gasteiger partial charge in [-0.15, -0.1) is 0 Å². The zero-order chi connectivity index (χ0) is 13.9. The molecule has 1 amide bonds. The zero-order valence-electron chi connectivity index (χ0n) is 8.84. The van der Waals surface area contributed by atoms with Gasteiger partial charge >= 0.3 is 6.18 Å². The minimum Gasteiger partial charge on any atom is -0.324 e. The van der Waals surface area contributed by atoms with Crippen LogP contribution < -0.4 is 11.1 Å². The van der Waals surface area contributed by atoms with Gasteiger partial charge in [-0.25, -0.2) is 0 Å². The Balaban J connectivity index is 3.10. The van der Waals surface area contributed by atoms with Crippen molar-refractivity contribution in [1.29, 1.82) is 0 Å². The Morgan fingerprint density at radius 2 is 1.94 bits per heavy atom. The molecule has 1 rings (SSSR count). The fourth-order valence-corrected chi connectivity index (χ4v) is 1.51. The van der Waals surface area contributed by atoms with Gasteiger partial charge in [0.2, 0.25) is 5.78 Å². The number of carbonyl (C=O) groups excluding carboxylic acids is 2. The first-order valence-electron chi connectivity index (χ1n) is 4.66. The summed E-state index contributed by atoms with van der Waals surface area (Å²) in [6, 6.07) is 3.18. The SMILES string of the molecule is NCC(=O)C(=O)Nc1ccc(Br)cc1C(F)(F)F. The number of ketones is 1. The van der Waals surface area contributed by atoms with E-state index >= 15 is 0 Å². The molecule has 0 unspecified atom stereocenters. The Morgan fingerprint density at radius 1 is 1.33 bits per heavy atom. The summed E-state index contributed by atoms with van der Waals surface area (Å²) in [6.07, 6.45) is -4.64. The van der Waals surface area contributed by atoms with E-state index < -0.39 is 35.7 Å². The van der Waals surface area contributed by atoms with Gasteiger partial charge in [-0.1, -0.05) is 15.9 Å². The molecule has 0 aliphatic rings. The fourth-order valence-electron chi connectivity index (χ4n) is 1.14. The highest BCUT2D eigenvalue weighted by Gasteiger charge is 2.34. The monoisotopic (exact) mass is 324 g/mol. The van der Waals surface area contributed by atoms with Crippen molar-refractivity contribution < 1.29 is 22.8 Å². The van der Waals surface area contributed by atoms with Gasteiger partial charge in [0, 0.05) is 4.47 Å². The molecule has 4 nitrogen and oxygen atoms in total. The maximum Gasteiger partial charge on any atom is 0.418 e. The molecule has 0 aromatic heterocycles. The van der Waals surface area contributed by atoms with Gasteiger partial charge in [0.25, 0.3) is 5.91 Å². The molecule has 98 valence electrons. The number of nitrogens with two attached hydrogens (primary N) is 1. The van der Waals surface area contributed by atoms with Crippen molar-refractivity contribution in [3.05, 3.63) is 28.2 Å². The fraction of sp³-hybridized carbons (Fsp3) is 0.200. The minimum absolute atomic E-state index is 0.206. The standard InChI is InChI=1S/C10H8BrF3N2O2/c11-5-1-2-7(6(3-5)10(12,13)14)16-9(18)8(17)4-15/h1-3H,4,15H2,(H,16,18). The van der Waals surface area contributed by atoms with Crippen LogP contribution in [-0.2, 0) is 15.8 Å². The summed E-state index contributed by atoms with van der Waals surface area (Å²) in [5.74, 6) is -2.17. The lowest BCUT2D eigenvalue weighted by atomic mass is 10.1. The highest BCUT2D eigenvalue weighted by molar-refractivity contribution is 9.10. The van der Waals surface area contributed by atoms with Gasteiger partial charge in [-0.3, -0.25) is 9.59 Å². The van der Waals surface area contributed by atoms with E-state index in [0.29, 0.717) is 0 Å². The van der Waals surface area contributed by atoms with Crippen LogP contribution in [0.15, 0.2) is 22.7 Å². The quantitative estimate of drug-likeness (QED) is 0.834. The molecule has 0 aliphatic carbocycles. The molecule has 0 aliphatic heterocycles. The van der Waals surface area contributed by atoms with Crippen LogP contribution in [0.25, 0.3) is 0 Å². The molecule has 0 saturated heterocycles. The van der Waals surface area contributed by atoms with Crippen molar-refractivity contribution in [3.8, 4) is 0 Å². The first kappa shape index (κ1) is 14.7. The van der Waals surface area contributed by atoms with Gasteiger partial charge in [0.05, 0.1) is 17.8 Å². The Labute approximate surface area is 108 Å². The first-order chi connectivity index (χ1) is 8.25. The van der Waals surface area contributed by atoms with Crippen molar-refractivity contribution in [3.63, 3.8) is 0 Å². The number of halogens is 4. The molecule has 0 radical (unpaired) electrons. The maximum atomic E-state index is 12.7. The maximum absolute atomic E-state index is 12.7. The molecule has 8 heteroatoms. The van der Waals surface area contributed by atoms with E-state index in [-0.39, 0.29) is 4.47 Å². The van der Waals surface area contributed by atoms with Crippen LogP contribution in [-0.4, -0.2) is 18.2 Å². The number of hydrogen-bond donors (Lipinski definition) is 2. The first-order valence-corrected chi connectivity index (χ1v) is 5.46. The van der Waals surface area contributed by atoms with Gasteiger partial charge < -0.3 is 11.1 Å². The van der Waals surface area contributed by atoms with Crippen molar-refractivity contribution >= 4 is 33.3 Å². The average Bonchev–Trinajstić information content (AvgIpc) is 2.28. The number of hydrogen-bond acceptors (Lipinski definition) is 3. The molecule has 0 saturated carbocycles. The number of amides is 1. The summed E-state index contributed by atoms with van der Waals surface area (Å²) in [4.78, 5) is 22.1. The largest absolute Gasteiger partial charge is 0.418 e. The van der Waals surface area contributed by atoms with Crippen LogP contribution in [0, 0.1) is 0 Å². The average molecular weight is 325 g/mol. The smallest absolute Gasteiger partial charge is 0.324 e. The van der Waals surface area contributed by atoms with Crippen molar-refractivity contribution in [2.24, 2.45) is 5.73 Å². The van der Waals surface area contributed by atoms with Crippen LogP contribution in [0.3, 0.4) is 0 Å². The summed E-state index contributed by atoms with van der Waals surface area (Å²) in [6.45, 7) is -0.566. The Bertz CT molecular complexity index is 489. The third-order valence-electron chi connectivity index (χ3n) is 1.97. The molecule has 1 aromatic rings.